The van der Waals surface area contributed by atoms with Gasteiger partial charge in [0, 0.05) is 61.6 Å². The Morgan fingerprint density at radius 1 is 1.21 bits per heavy atom. The summed E-state index contributed by atoms with van der Waals surface area (Å²) >= 11 is 0. The number of amides is 1. The maximum Gasteiger partial charge on any atom is 0.247 e. The average molecular weight is 514 g/mol. The summed E-state index contributed by atoms with van der Waals surface area (Å²) in [4.78, 5) is 23.5. The minimum absolute atomic E-state index is 0.300. The van der Waals surface area contributed by atoms with E-state index in [4.69, 9.17) is 9.72 Å². The van der Waals surface area contributed by atoms with Crippen LogP contribution < -0.4 is 25.6 Å². The van der Waals surface area contributed by atoms with E-state index < -0.39 is 0 Å². The molecule has 0 spiro atoms. The minimum atomic E-state index is -0.300. The Morgan fingerprint density at radius 3 is 2.76 bits per heavy atom. The van der Waals surface area contributed by atoms with Gasteiger partial charge in [0.15, 0.2) is 0 Å². The van der Waals surface area contributed by atoms with Crippen molar-refractivity contribution in [3.05, 3.63) is 67.5 Å². The Kier molecular flexibility index (Phi) is 8.60. The van der Waals surface area contributed by atoms with Crippen molar-refractivity contribution in [2.24, 2.45) is 0 Å². The summed E-state index contributed by atoms with van der Waals surface area (Å²) in [6, 6.07) is 14.0. The van der Waals surface area contributed by atoms with Gasteiger partial charge in [0.2, 0.25) is 11.9 Å². The van der Waals surface area contributed by atoms with Gasteiger partial charge >= 0.3 is 0 Å². The first-order chi connectivity index (χ1) is 18.5. The molecule has 0 aliphatic rings. The summed E-state index contributed by atoms with van der Waals surface area (Å²) < 4.78 is 7.97. The molecule has 0 aliphatic carbocycles. The van der Waals surface area contributed by atoms with Crippen molar-refractivity contribution < 1.29 is 9.53 Å². The number of nitrogens with zero attached hydrogens (tertiary/aromatic N) is 4. The molecule has 0 bridgehead atoms. The molecular weight excluding hydrogens is 478 g/mol. The number of anilines is 4. The number of rotatable bonds is 12. The highest BCUT2D eigenvalue weighted by molar-refractivity contribution is 6.02. The predicted octanol–water partition coefficient (Wildman–Crippen LogP) is 5.04. The highest BCUT2D eigenvalue weighted by Crippen LogP contribution is 2.38. The number of fused-ring (bicyclic) bond motifs is 1. The highest BCUT2D eigenvalue weighted by Gasteiger charge is 2.17. The van der Waals surface area contributed by atoms with Gasteiger partial charge in [-0.2, -0.15) is 0 Å². The number of carbonyl (C=O) groups excluding carboxylic acids is 1. The van der Waals surface area contributed by atoms with E-state index in [-0.39, 0.29) is 5.91 Å². The third-order valence-electron chi connectivity index (χ3n) is 6.30. The fraction of sp³-hybridized carbons (Fsp3) is 0.276. The Hall–Kier alpha value is -4.37. The van der Waals surface area contributed by atoms with Gasteiger partial charge in [-0.25, -0.2) is 9.97 Å². The van der Waals surface area contributed by atoms with Crippen molar-refractivity contribution in [3.63, 3.8) is 0 Å². The van der Waals surface area contributed by atoms with Crippen LogP contribution in [0.15, 0.2) is 67.5 Å². The molecule has 4 rings (SSSR count). The van der Waals surface area contributed by atoms with Crippen LogP contribution in [0.3, 0.4) is 0 Å². The van der Waals surface area contributed by atoms with Crippen LogP contribution in [0.25, 0.3) is 22.2 Å². The molecule has 1 amide bonds. The molecule has 0 saturated heterocycles. The molecule has 0 aliphatic heterocycles. The normalized spacial score (nSPS) is 10.8. The lowest BCUT2D eigenvalue weighted by molar-refractivity contribution is -0.111. The molecule has 0 unspecified atom stereocenters. The number of nitrogens with one attached hydrogen (secondary N) is 3. The van der Waals surface area contributed by atoms with Crippen LogP contribution in [0.4, 0.5) is 23.0 Å². The maximum absolute atomic E-state index is 12.2. The number of benzene rings is 2. The quantitative estimate of drug-likeness (QED) is 0.228. The summed E-state index contributed by atoms with van der Waals surface area (Å²) in [7, 11) is 5.47. The molecule has 0 atom stereocenters. The largest absolute Gasteiger partial charge is 0.494 e. The van der Waals surface area contributed by atoms with Gasteiger partial charge in [0.05, 0.1) is 29.9 Å². The fourth-order valence-corrected chi connectivity index (χ4v) is 4.40. The summed E-state index contributed by atoms with van der Waals surface area (Å²) in [6.45, 7) is 8.20. The van der Waals surface area contributed by atoms with Gasteiger partial charge in [-0.1, -0.05) is 31.7 Å². The molecule has 0 saturated carbocycles. The predicted molar refractivity (Wildman–Crippen MR) is 156 cm³/mol. The highest BCUT2D eigenvalue weighted by atomic mass is 16.5. The summed E-state index contributed by atoms with van der Waals surface area (Å²) in [5, 5.41) is 10.5. The molecule has 9 nitrogen and oxygen atoms in total. The molecule has 2 heterocycles. The van der Waals surface area contributed by atoms with Crippen LogP contribution in [0.1, 0.15) is 13.3 Å². The molecule has 0 fully saturated rings. The van der Waals surface area contributed by atoms with Crippen LogP contribution in [-0.2, 0) is 11.3 Å². The van der Waals surface area contributed by atoms with Crippen molar-refractivity contribution in [2.45, 2.75) is 19.9 Å². The summed E-state index contributed by atoms with van der Waals surface area (Å²) in [6.07, 6.45) is 6.18. The van der Waals surface area contributed by atoms with E-state index in [1.165, 1.54) is 11.6 Å². The second-order valence-electron chi connectivity index (χ2n) is 8.93. The first-order valence-corrected chi connectivity index (χ1v) is 12.7. The lowest BCUT2D eigenvalue weighted by Gasteiger charge is -2.24. The SMILES string of the molecule is C=CC(=O)Nc1cc(Nc2nccc(-c3cn(CCC)c4ccccc34)n2)c(OC)cc1N(C)CCNC. The Morgan fingerprint density at radius 2 is 2.03 bits per heavy atom. The van der Waals surface area contributed by atoms with E-state index in [0.29, 0.717) is 23.1 Å². The zero-order valence-electron chi connectivity index (χ0n) is 22.4. The standard InChI is InChI=1S/C29H35N7O2/c1-6-15-36-19-21(20-10-8-9-11-25(20)36)22-12-13-31-29(33-22)34-24-17-23(32-28(37)7-2)26(18-27(24)38-5)35(4)16-14-30-3/h7-13,17-19,30H,2,6,14-16H2,1,3-5H3,(H,32,37)(H,31,33,34). The molecule has 3 N–H and O–H groups in total. The molecular formula is C29H35N7O2. The molecule has 2 aromatic carbocycles. The van der Waals surface area contributed by atoms with Crippen LogP contribution in [0.5, 0.6) is 5.75 Å². The van der Waals surface area contributed by atoms with Crippen LogP contribution >= 0.6 is 0 Å². The number of ether oxygens (including phenoxy) is 1. The fourth-order valence-electron chi connectivity index (χ4n) is 4.40. The van der Waals surface area contributed by atoms with E-state index in [2.05, 4.69) is 63.4 Å². The topological polar surface area (TPSA) is 96.3 Å². The first kappa shape index (κ1) is 26.7. The minimum Gasteiger partial charge on any atom is -0.494 e. The van der Waals surface area contributed by atoms with Crippen molar-refractivity contribution in [3.8, 4) is 17.0 Å². The van der Waals surface area contributed by atoms with Crippen molar-refractivity contribution >= 4 is 39.8 Å². The Bertz CT molecular complexity index is 1430. The number of aryl methyl sites for hydroxylation is 1. The van der Waals surface area contributed by atoms with Gasteiger partial charge in [-0.3, -0.25) is 4.79 Å². The molecule has 2 aromatic heterocycles. The van der Waals surface area contributed by atoms with E-state index in [0.717, 1.165) is 48.4 Å². The monoisotopic (exact) mass is 513 g/mol. The number of carbonyl (C=O) groups is 1. The first-order valence-electron chi connectivity index (χ1n) is 12.7. The molecule has 38 heavy (non-hydrogen) atoms. The third kappa shape index (κ3) is 5.78. The Labute approximate surface area is 223 Å². The van der Waals surface area contributed by atoms with E-state index in [1.54, 1.807) is 13.3 Å². The number of para-hydroxylation sites is 1. The second kappa shape index (κ2) is 12.2. The van der Waals surface area contributed by atoms with E-state index >= 15 is 0 Å². The number of hydrogen-bond acceptors (Lipinski definition) is 7. The van der Waals surface area contributed by atoms with Gasteiger partial charge in [-0.05, 0) is 37.7 Å². The van der Waals surface area contributed by atoms with Gasteiger partial charge < -0.3 is 30.2 Å². The van der Waals surface area contributed by atoms with Crippen LogP contribution in [0, 0.1) is 0 Å². The average Bonchev–Trinajstić information content (AvgIpc) is 3.30. The van der Waals surface area contributed by atoms with Crippen LogP contribution in [0.2, 0.25) is 0 Å². The smallest absolute Gasteiger partial charge is 0.247 e. The number of likely N-dealkylation sites (N-methyl/N-ethyl adjacent to an activating group) is 2. The second-order valence-corrected chi connectivity index (χ2v) is 8.93. The summed E-state index contributed by atoms with van der Waals surface area (Å²) in [5.74, 6) is 0.720. The summed E-state index contributed by atoms with van der Waals surface area (Å²) in [5.41, 5.74) is 5.11. The van der Waals surface area contributed by atoms with Gasteiger partial charge in [0.25, 0.3) is 0 Å². The lowest BCUT2D eigenvalue weighted by Crippen LogP contribution is -2.28. The lowest BCUT2D eigenvalue weighted by atomic mass is 10.1. The molecule has 4 aromatic rings. The maximum atomic E-state index is 12.2. The molecule has 198 valence electrons. The van der Waals surface area contributed by atoms with Crippen molar-refractivity contribution in [1.82, 2.24) is 19.9 Å². The molecule has 9 heteroatoms. The third-order valence-corrected chi connectivity index (χ3v) is 6.30. The number of methoxy groups -OCH3 is 1. The van der Waals surface area contributed by atoms with Crippen molar-refractivity contribution in [1.29, 1.82) is 0 Å². The van der Waals surface area contributed by atoms with Crippen LogP contribution in [-0.4, -0.2) is 54.7 Å². The zero-order valence-corrected chi connectivity index (χ0v) is 22.4. The van der Waals surface area contributed by atoms with Gasteiger partial charge in [0.1, 0.15) is 5.75 Å². The molecule has 0 radical (unpaired) electrons. The van der Waals surface area contributed by atoms with E-state index in [9.17, 15) is 4.79 Å². The van der Waals surface area contributed by atoms with E-state index in [1.807, 2.05) is 43.3 Å². The Balaban J connectivity index is 1.72. The number of aromatic nitrogens is 3. The van der Waals surface area contributed by atoms with Crippen molar-refractivity contribution in [2.75, 3.05) is 49.8 Å². The number of hydrogen-bond donors (Lipinski definition) is 3. The zero-order chi connectivity index (χ0) is 27.1. The van der Waals surface area contributed by atoms with Gasteiger partial charge in [-0.15, -0.1) is 0 Å².